The third kappa shape index (κ3) is 12.9. The second-order valence-electron chi connectivity index (χ2n) is 12.3. The van der Waals surface area contributed by atoms with Crippen LogP contribution in [0.3, 0.4) is 0 Å². The van der Waals surface area contributed by atoms with Crippen molar-refractivity contribution in [3.8, 4) is 56.0 Å². The van der Waals surface area contributed by atoms with Gasteiger partial charge in [0.2, 0.25) is 0 Å². The highest BCUT2D eigenvalue weighted by molar-refractivity contribution is 14.1. The van der Waals surface area contributed by atoms with Gasteiger partial charge in [0.05, 0.1) is 0 Å². The molecule has 0 bridgehead atoms. The van der Waals surface area contributed by atoms with E-state index in [9.17, 15) is 26.3 Å². The number of rotatable bonds is 8. The lowest BCUT2D eigenvalue weighted by Gasteiger charge is -2.18. The van der Waals surface area contributed by atoms with Gasteiger partial charge in [0.1, 0.15) is 11.5 Å². The summed E-state index contributed by atoms with van der Waals surface area (Å²) < 4.78 is 97.2. The predicted octanol–water partition coefficient (Wildman–Crippen LogP) is 19.0. The van der Waals surface area contributed by atoms with Gasteiger partial charge >= 0.3 is 12.7 Å². The van der Waals surface area contributed by atoms with Gasteiger partial charge in [-0.15, -0.1) is 26.3 Å². The van der Waals surface area contributed by atoms with Gasteiger partial charge in [-0.1, -0.05) is 0 Å². The van der Waals surface area contributed by atoms with Crippen LogP contribution in [0.15, 0.2) is 72.8 Å². The van der Waals surface area contributed by atoms with Gasteiger partial charge in [0, 0.05) is 71.5 Å². The van der Waals surface area contributed by atoms with E-state index in [1.807, 2.05) is 0 Å². The lowest BCUT2D eigenvalue weighted by molar-refractivity contribution is -0.275. The number of benzene rings is 6. The first-order valence-electron chi connectivity index (χ1n) is 15.9. The normalized spacial score (nSPS) is 12.0. The molecule has 0 saturated heterocycles. The fraction of sp³-hybridized carbons (Fsp3) is 0.0769. The maximum atomic E-state index is 12.9. The van der Waals surface area contributed by atoms with Crippen molar-refractivity contribution in [2.75, 3.05) is 0 Å². The third-order valence-electron chi connectivity index (χ3n) is 8.37. The number of hydrogen-bond acceptors (Lipinski definition) is 2. The predicted molar refractivity (Wildman–Crippen MR) is 323 cm³/mol. The van der Waals surface area contributed by atoms with Crippen LogP contribution in [0.5, 0.6) is 11.5 Å². The van der Waals surface area contributed by atoms with Gasteiger partial charge in [-0.25, -0.2) is 0 Å². The molecule has 0 aliphatic heterocycles. The average Bonchev–Trinajstić information content (AvgIpc) is 3.04. The molecule has 0 spiro atoms. The Morgan fingerprint density at radius 1 is 0.305 bits per heavy atom. The Balaban J connectivity index is 1.28. The molecule has 0 atom stereocenters. The second-order valence-corrected chi connectivity index (χ2v) is 26.2. The van der Waals surface area contributed by atoms with E-state index >= 15 is 0 Å². The van der Waals surface area contributed by atoms with Crippen molar-refractivity contribution in [2.24, 2.45) is 0 Å². The second kappa shape index (κ2) is 21.3. The lowest BCUT2D eigenvalue weighted by Crippen LogP contribution is -2.17. The molecule has 308 valence electrons. The molecule has 6 aromatic rings. The van der Waals surface area contributed by atoms with Gasteiger partial charge in [0.25, 0.3) is 0 Å². The zero-order valence-corrected chi connectivity index (χ0v) is 54.1. The molecule has 0 fully saturated rings. The largest absolute Gasteiger partial charge is 0.573 e. The minimum atomic E-state index is -4.76. The van der Waals surface area contributed by atoms with Crippen molar-refractivity contribution in [2.45, 2.75) is 19.1 Å². The molecule has 0 saturated carbocycles. The highest BCUT2D eigenvalue weighted by Crippen LogP contribution is 2.44. The van der Waals surface area contributed by atoms with Gasteiger partial charge in [-0.3, -0.25) is 0 Å². The summed E-state index contributed by atoms with van der Waals surface area (Å²) in [6.45, 7) is 0. The first-order chi connectivity index (χ1) is 27.4. The van der Waals surface area contributed by atoms with E-state index in [1.54, 1.807) is 0 Å². The van der Waals surface area contributed by atoms with Crippen molar-refractivity contribution in [1.82, 2.24) is 0 Å². The maximum Gasteiger partial charge on any atom is 0.573 e. The smallest absolute Gasteiger partial charge is 0.406 e. The topological polar surface area (TPSA) is 18.5 Å². The summed E-state index contributed by atoms with van der Waals surface area (Å²) in [5.41, 5.74) is 10.4. The minimum absolute atomic E-state index is 0.240. The van der Waals surface area contributed by atoms with Crippen LogP contribution in [0.25, 0.3) is 44.5 Å². The Kier molecular flexibility index (Phi) is 18.6. The summed E-state index contributed by atoms with van der Waals surface area (Å²) in [5, 5.41) is 0. The summed E-state index contributed by atoms with van der Waals surface area (Å²) in [7, 11) is 0. The van der Waals surface area contributed by atoms with Crippen molar-refractivity contribution in [1.29, 1.82) is 0 Å². The fourth-order valence-electron chi connectivity index (χ4n) is 6.03. The molecule has 0 aromatic heterocycles. The minimum Gasteiger partial charge on any atom is -0.406 e. The molecule has 0 radical (unpaired) electrons. The van der Waals surface area contributed by atoms with Crippen LogP contribution in [0.1, 0.15) is 11.1 Å². The molecule has 0 amide bonds. The number of halogens is 18. The van der Waals surface area contributed by atoms with E-state index in [0.29, 0.717) is 14.3 Å². The molecule has 6 aromatic carbocycles. The van der Waals surface area contributed by atoms with Crippen LogP contribution in [-0.2, 0) is 6.42 Å². The lowest BCUT2D eigenvalue weighted by atomic mass is 9.96. The summed E-state index contributed by atoms with van der Waals surface area (Å²) in [6, 6.07) is 22.8. The Morgan fingerprint density at radius 3 is 0.695 bits per heavy atom. The number of alkyl halides is 6. The number of hydrogen-bond donors (Lipinski definition) is 0. The highest BCUT2D eigenvalue weighted by atomic mass is 127. The van der Waals surface area contributed by atoms with Crippen molar-refractivity contribution >= 4 is 271 Å². The van der Waals surface area contributed by atoms with Crippen LogP contribution in [-0.4, -0.2) is 12.7 Å². The average molecular weight is 2150 g/mol. The van der Waals surface area contributed by atoms with Crippen molar-refractivity contribution in [3.05, 3.63) is 127 Å². The Bertz CT molecular complexity index is 2350. The van der Waals surface area contributed by atoms with Crippen LogP contribution in [0.4, 0.5) is 26.3 Å². The maximum absolute atomic E-state index is 12.9. The van der Waals surface area contributed by atoms with Crippen LogP contribution in [0, 0.1) is 42.8 Å². The van der Waals surface area contributed by atoms with E-state index in [-0.39, 0.29) is 11.5 Å². The molecule has 0 heterocycles. The molecule has 0 N–H and O–H groups in total. The molecular weight excluding hydrogens is 2140 g/mol. The molecular formula is C39H14F6I12O2. The summed E-state index contributed by atoms with van der Waals surface area (Å²) in [6.07, 6.45) is -8.78. The zero-order chi connectivity index (χ0) is 43.5. The zero-order valence-electron chi connectivity index (χ0n) is 28.3. The molecule has 2 nitrogen and oxygen atoms in total. The van der Waals surface area contributed by atoms with Crippen LogP contribution < -0.4 is 9.47 Å². The Hall–Kier alpha value is 3.26. The van der Waals surface area contributed by atoms with Gasteiger partial charge in [-0.2, -0.15) is 0 Å². The summed E-state index contributed by atoms with van der Waals surface area (Å²) in [4.78, 5) is 0. The van der Waals surface area contributed by atoms with Gasteiger partial charge in [-0.05, 0) is 377 Å². The SMILES string of the molecule is FC(F)(F)Oc1cc(I)c(-c2cc(I)c(-c3cc(I)c(Cc4c(I)cc(-c5c(I)cc(-c6c(I)cc(OC(F)(F)F)cc6I)cc5I)cc4I)c(I)c3)c(I)c2)c(I)c1. The number of ether oxygens (including phenoxy) is 2. The van der Waals surface area contributed by atoms with Gasteiger partial charge in [0.15, 0.2) is 0 Å². The first kappa shape index (κ1) is 51.6. The molecule has 0 unspecified atom stereocenters. The highest BCUT2D eigenvalue weighted by Gasteiger charge is 2.33. The van der Waals surface area contributed by atoms with Crippen LogP contribution >= 0.6 is 271 Å². The Morgan fingerprint density at radius 2 is 0.492 bits per heavy atom. The Labute approximate surface area is 498 Å². The summed E-state index contributed by atoms with van der Waals surface area (Å²) in [5.74, 6) is -0.480. The fourth-order valence-corrected chi connectivity index (χ4v) is 19.8. The monoisotopic (exact) mass is 2150 g/mol. The quantitative estimate of drug-likeness (QED) is 0.112. The van der Waals surface area contributed by atoms with Crippen molar-refractivity contribution in [3.63, 3.8) is 0 Å². The van der Waals surface area contributed by atoms with E-state index in [2.05, 4.69) is 329 Å². The molecule has 59 heavy (non-hydrogen) atoms. The van der Waals surface area contributed by atoms with E-state index in [1.165, 1.54) is 35.4 Å². The van der Waals surface area contributed by atoms with E-state index in [0.717, 1.165) is 79.5 Å². The standard InChI is InChI=1S/C39H14F6I12O2/c40-38(41,42)58-18-9-30(54)36(31(55)10-18)16-5-26(50)34(27(51)6-16)14-1-22(46)20(23(47)2-14)13-21-24(48)3-15(4-25(21)49)35-28(52)7-17(8-29(35)53)37-32(56)11-19(12-33(37)57)59-39(43,44)45/h1-12H,13H2. The first-order valence-corrected chi connectivity index (χ1v) is 28.8. The molecule has 0 aliphatic rings. The third-order valence-corrected chi connectivity index (χ3v) is 19.0. The van der Waals surface area contributed by atoms with Gasteiger partial charge < -0.3 is 9.47 Å². The molecule has 6 rings (SSSR count). The van der Waals surface area contributed by atoms with Crippen LogP contribution in [0.2, 0.25) is 0 Å². The summed E-state index contributed by atoms with van der Waals surface area (Å²) >= 11 is 27.3. The molecule has 20 heteroatoms. The van der Waals surface area contributed by atoms with E-state index < -0.39 is 12.7 Å². The van der Waals surface area contributed by atoms with Crippen molar-refractivity contribution < 1.29 is 35.8 Å². The molecule has 0 aliphatic carbocycles. The van der Waals surface area contributed by atoms with E-state index in [4.69, 9.17) is 0 Å².